The number of hydrogen-bond donors (Lipinski definition) is 1. The van der Waals surface area contributed by atoms with Gasteiger partial charge in [-0.05, 0) is 55.3 Å². The molecule has 4 atom stereocenters. The molecule has 2 saturated carbocycles. The molecule has 0 aromatic carbocycles. The van der Waals surface area contributed by atoms with E-state index in [0.29, 0.717) is 11.3 Å². The summed E-state index contributed by atoms with van der Waals surface area (Å²) in [6.45, 7) is 11.1. The lowest BCUT2D eigenvalue weighted by Crippen LogP contribution is -2.52. The minimum Gasteiger partial charge on any atom is -0.393 e. The van der Waals surface area contributed by atoms with Crippen LogP contribution in [0.25, 0.3) is 0 Å². The first-order chi connectivity index (χ1) is 7.42. The number of rotatable bonds is 1. The maximum absolute atomic E-state index is 10.3. The van der Waals surface area contributed by atoms with Crippen molar-refractivity contribution in [1.29, 1.82) is 0 Å². The summed E-state index contributed by atoms with van der Waals surface area (Å²) in [5, 5.41) is 10.3. The molecule has 1 N–H and O–H groups in total. The van der Waals surface area contributed by atoms with Crippen molar-refractivity contribution in [2.45, 2.75) is 65.4 Å². The maximum Gasteiger partial charge on any atom is 0.0596 e. The lowest BCUT2D eigenvalue weighted by molar-refractivity contribution is -0.116. The van der Waals surface area contributed by atoms with Gasteiger partial charge in [-0.3, -0.25) is 0 Å². The number of aliphatic hydroxyl groups is 1. The van der Waals surface area contributed by atoms with Gasteiger partial charge < -0.3 is 5.11 Å². The molecule has 92 valence electrons. The lowest BCUT2D eigenvalue weighted by atomic mass is 9.49. The summed E-state index contributed by atoms with van der Waals surface area (Å²) in [6, 6.07) is 0. The van der Waals surface area contributed by atoms with Crippen LogP contribution in [0.1, 0.15) is 59.3 Å². The molecular formula is C15H26O. The Morgan fingerprint density at radius 3 is 2.69 bits per heavy atom. The number of fused-ring (bicyclic) bond motifs is 1. The largest absolute Gasteiger partial charge is 0.393 e. The topological polar surface area (TPSA) is 20.2 Å². The fourth-order valence-corrected chi connectivity index (χ4v) is 4.38. The molecule has 0 radical (unpaired) electrons. The van der Waals surface area contributed by atoms with E-state index in [1.54, 1.807) is 0 Å². The molecule has 2 rings (SSSR count). The molecule has 0 aromatic heterocycles. The van der Waals surface area contributed by atoms with Crippen LogP contribution in [0.5, 0.6) is 0 Å². The van der Waals surface area contributed by atoms with Crippen molar-refractivity contribution in [3.8, 4) is 0 Å². The highest BCUT2D eigenvalue weighted by molar-refractivity contribution is 5.12. The SMILES string of the molecule is C=C1CCC2C(C)(CC)C(O)CC[C@@]2(C)C1. The molecule has 2 fully saturated rings. The van der Waals surface area contributed by atoms with E-state index in [2.05, 4.69) is 27.4 Å². The molecule has 1 nitrogen and oxygen atoms in total. The Bertz CT molecular complexity index is 296. The summed E-state index contributed by atoms with van der Waals surface area (Å²) in [4.78, 5) is 0. The molecule has 1 heteroatoms. The van der Waals surface area contributed by atoms with Gasteiger partial charge in [-0.25, -0.2) is 0 Å². The summed E-state index contributed by atoms with van der Waals surface area (Å²) in [5.74, 6) is 0.680. The fraction of sp³-hybridized carbons (Fsp3) is 0.867. The predicted molar refractivity (Wildman–Crippen MR) is 68.2 cm³/mol. The van der Waals surface area contributed by atoms with Crippen LogP contribution in [-0.4, -0.2) is 11.2 Å². The van der Waals surface area contributed by atoms with E-state index >= 15 is 0 Å². The van der Waals surface area contributed by atoms with Gasteiger partial charge in [-0.1, -0.05) is 32.9 Å². The fourth-order valence-electron chi connectivity index (χ4n) is 4.38. The first kappa shape index (κ1) is 12.2. The van der Waals surface area contributed by atoms with E-state index in [1.807, 2.05) is 0 Å². The molecule has 3 unspecified atom stereocenters. The average molecular weight is 222 g/mol. The monoisotopic (exact) mass is 222 g/mol. The quantitative estimate of drug-likeness (QED) is 0.667. The van der Waals surface area contributed by atoms with Crippen LogP contribution in [0.3, 0.4) is 0 Å². The van der Waals surface area contributed by atoms with Crippen LogP contribution >= 0.6 is 0 Å². The van der Waals surface area contributed by atoms with E-state index in [-0.39, 0.29) is 11.5 Å². The van der Waals surface area contributed by atoms with Crippen molar-refractivity contribution < 1.29 is 5.11 Å². The van der Waals surface area contributed by atoms with Gasteiger partial charge in [0, 0.05) is 0 Å². The Kier molecular flexibility index (Phi) is 2.94. The maximum atomic E-state index is 10.3. The molecular weight excluding hydrogens is 196 g/mol. The molecule has 0 amide bonds. The van der Waals surface area contributed by atoms with Gasteiger partial charge in [-0.15, -0.1) is 0 Å². The molecule has 2 aliphatic rings. The van der Waals surface area contributed by atoms with Crippen LogP contribution in [0.15, 0.2) is 12.2 Å². The van der Waals surface area contributed by atoms with Crippen LogP contribution < -0.4 is 0 Å². The number of hydrogen-bond acceptors (Lipinski definition) is 1. The van der Waals surface area contributed by atoms with Crippen molar-refractivity contribution in [3.05, 3.63) is 12.2 Å². The summed E-state index contributed by atoms with van der Waals surface area (Å²) in [7, 11) is 0. The Balaban J connectivity index is 2.31. The lowest BCUT2D eigenvalue weighted by Gasteiger charge is -2.57. The Morgan fingerprint density at radius 2 is 2.06 bits per heavy atom. The van der Waals surface area contributed by atoms with E-state index in [4.69, 9.17) is 0 Å². The highest BCUT2D eigenvalue weighted by atomic mass is 16.3. The molecule has 0 aliphatic heterocycles. The second kappa shape index (κ2) is 3.87. The molecule has 0 bridgehead atoms. The normalized spacial score (nSPS) is 48.9. The second-order valence-corrected chi connectivity index (χ2v) is 6.59. The second-order valence-electron chi connectivity index (χ2n) is 6.59. The van der Waals surface area contributed by atoms with E-state index in [1.165, 1.54) is 31.3 Å². The van der Waals surface area contributed by atoms with Crippen LogP contribution in [0.2, 0.25) is 0 Å². The van der Waals surface area contributed by atoms with Gasteiger partial charge in [0.1, 0.15) is 0 Å². The summed E-state index contributed by atoms with van der Waals surface area (Å²) in [5.41, 5.74) is 1.96. The molecule has 0 heterocycles. The minimum atomic E-state index is -0.0954. The number of allylic oxidation sites excluding steroid dienone is 1. The smallest absolute Gasteiger partial charge is 0.0596 e. The first-order valence-electron chi connectivity index (χ1n) is 6.77. The number of aliphatic hydroxyl groups excluding tert-OH is 1. The van der Waals surface area contributed by atoms with Crippen molar-refractivity contribution in [3.63, 3.8) is 0 Å². The van der Waals surface area contributed by atoms with Gasteiger partial charge in [0.2, 0.25) is 0 Å². The summed E-state index contributed by atoms with van der Waals surface area (Å²) < 4.78 is 0. The molecule has 0 saturated heterocycles. The van der Waals surface area contributed by atoms with E-state index in [0.717, 1.165) is 12.8 Å². The summed E-state index contributed by atoms with van der Waals surface area (Å²) >= 11 is 0. The van der Waals surface area contributed by atoms with Crippen LogP contribution in [0.4, 0.5) is 0 Å². The van der Waals surface area contributed by atoms with Crippen molar-refractivity contribution >= 4 is 0 Å². The van der Waals surface area contributed by atoms with E-state index in [9.17, 15) is 5.11 Å². The third kappa shape index (κ3) is 1.64. The average Bonchev–Trinajstić information content (AvgIpc) is 2.23. The Morgan fingerprint density at radius 1 is 1.38 bits per heavy atom. The standard InChI is InChI=1S/C15H26O/c1-5-15(4)12-7-6-11(2)10-14(12,3)9-8-13(15)16/h12-13,16H,2,5-10H2,1,3-4H3/t12?,13?,14-,15?/m0/s1. The first-order valence-corrected chi connectivity index (χ1v) is 6.77. The minimum absolute atomic E-state index is 0.0954. The third-order valence-corrected chi connectivity index (χ3v) is 5.59. The molecule has 16 heavy (non-hydrogen) atoms. The van der Waals surface area contributed by atoms with Crippen molar-refractivity contribution in [1.82, 2.24) is 0 Å². The molecule has 0 spiro atoms. The zero-order valence-corrected chi connectivity index (χ0v) is 11.1. The van der Waals surface area contributed by atoms with Gasteiger partial charge in [0.15, 0.2) is 0 Å². The van der Waals surface area contributed by atoms with E-state index < -0.39 is 0 Å². The zero-order chi connectivity index (χ0) is 12.0. The van der Waals surface area contributed by atoms with Gasteiger partial charge in [-0.2, -0.15) is 0 Å². The highest BCUT2D eigenvalue weighted by Gasteiger charge is 2.53. The van der Waals surface area contributed by atoms with Crippen LogP contribution in [-0.2, 0) is 0 Å². The Hall–Kier alpha value is -0.300. The van der Waals surface area contributed by atoms with Gasteiger partial charge in [0.05, 0.1) is 6.10 Å². The summed E-state index contributed by atoms with van der Waals surface area (Å²) in [6.07, 6.45) is 6.74. The predicted octanol–water partition coefficient (Wildman–Crippen LogP) is 3.92. The molecule has 2 aliphatic carbocycles. The van der Waals surface area contributed by atoms with Crippen molar-refractivity contribution in [2.24, 2.45) is 16.7 Å². The third-order valence-electron chi connectivity index (χ3n) is 5.59. The van der Waals surface area contributed by atoms with Crippen molar-refractivity contribution in [2.75, 3.05) is 0 Å². The van der Waals surface area contributed by atoms with Gasteiger partial charge >= 0.3 is 0 Å². The molecule has 0 aromatic rings. The zero-order valence-electron chi connectivity index (χ0n) is 11.1. The van der Waals surface area contributed by atoms with Crippen LogP contribution in [0, 0.1) is 16.7 Å². The highest BCUT2D eigenvalue weighted by Crippen LogP contribution is 2.59. The Labute approximate surface area is 99.9 Å². The van der Waals surface area contributed by atoms with Gasteiger partial charge in [0.25, 0.3) is 0 Å².